The van der Waals surface area contributed by atoms with Crippen molar-refractivity contribution in [2.75, 3.05) is 0 Å². The Morgan fingerprint density at radius 2 is 1.79 bits per heavy atom. The average molecular weight is 271 g/mol. The third kappa shape index (κ3) is 5.25. The smallest absolute Gasteiger partial charge is 0.326 e. The summed E-state index contributed by atoms with van der Waals surface area (Å²) in [5.41, 5.74) is 10.5. The molecule has 0 aromatic heterocycles. The normalized spacial score (nSPS) is 19.4. The molecule has 1 atom stereocenters. The standard InChI is InChI=1S/C12H21N3O4/c13-9(16)6-8(11(18)19)15-10(17)7-12(14)4-2-1-3-5-12/h8H,1-7,14H2,(H2,13,16)(H,15,17)(H,18,19). The highest BCUT2D eigenvalue weighted by atomic mass is 16.4. The molecule has 0 saturated heterocycles. The summed E-state index contributed by atoms with van der Waals surface area (Å²) in [6.45, 7) is 0. The number of carboxylic acid groups (broad SMARTS) is 1. The van der Waals surface area contributed by atoms with Gasteiger partial charge in [-0.1, -0.05) is 19.3 Å². The van der Waals surface area contributed by atoms with Crippen LogP contribution in [0.4, 0.5) is 0 Å². The lowest BCUT2D eigenvalue weighted by atomic mass is 9.80. The Labute approximate surface area is 111 Å². The molecule has 19 heavy (non-hydrogen) atoms. The van der Waals surface area contributed by atoms with Crippen LogP contribution in [0.5, 0.6) is 0 Å². The number of rotatable bonds is 6. The number of nitrogens with one attached hydrogen (secondary N) is 1. The zero-order chi connectivity index (χ0) is 14.5. The number of carbonyl (C=O) groups excluding carboxylic acids is 2. The fourth-order valence-corrected chi connectivity index (χ4v) is 2.40. The van der Waals surface area contributed by atoms with Crippen molar-refractivity contribution in [3.05, 3.63) is 0 Å². The summed E-state index contributed by atoms with van der Waals surface area (Å²) in [5.74, 6) is -2.49. The quantitative estimate of drug-likeness (QED) is 0.515. The highest BCUT2D eigenvalue weighted by molar-refractivity contribution is 5.88. The molecule has 1 fully saturated rings. The van der Waals surface area contributed by atoms with E-state index in [-0.39, 0.29) is 6.42 Å². The summed E-state index contributed by atoms with van der Waals surface area (Å²) in [6.07, 6.45) is 4.25. The fraction of sp³-hybridized carbons (Fsp3) is 0.750. The van der Waals surface area contributed by atoms with Crippen molar-refractivity contribution in [1.29, 1.82) is 0 Å². The number of amides is 2. The van der Waals surface area contributed by atoms with E-state index in [1.807, 2.05) is 0 Å². The van der Waals surface area contributed by atoms with E-state index in [9.17, 15) is 14.4 Å². The molecule has 1 saturated carbocycles. The molecule has 0 radical (unpaired) electrons. The maximum atomic E-state index is 11.8. The SMILES string of the molecule is NC(=O)CC(NC(=O)CC1(N)CCCCC1)C(=O)O. The van der Waals surface area contributed by atoms with Crippen molar-refractivity contribution in [2.45, 2.75) is 56.5 Å². The van der Waals surface area contributed by atoms with Crippen LogP contribution in [0.15, 0.2) is 0 Å². The predicted octanol–water partition coefficient (Wildman–Crippen LogP) is -0.517. The second-order valence-corrected chi connectivity index (χ2v) is 5.23. The molecule has 0 aromatic carbocycles. The second kappa shape index (κ2) is 6.51. The van der Waals surface area contributed by atoms with Crippen LogP contribution in [0.3, 0.4) is 0 Å². The minimum Gasteiger partial charge on any atom is -0.480 e. The molecule has 0 bridgehead atoms. The maximum absolute atomic E-state index is 11.8. The average Bonchev–Trinajstić information content (AvgIpc) is 2.27. The Hall–Kier alpha value is -1.63. The number of carboxylic acids is 1. The molecular weight excluding hydrogens is 250 g/mol. The minimum atomic E-state index is -1.28. The van der Waals surface area contributed by atoms with E-state index in [4.69, 9.17) is 16.6 Å². The first kappa shape index (κ1) is 15.4. The van der Waals surface area contributed by atoms with Crippen LogP contribution in [-0.4, -0.2) is 34.5 Å². The zero-order valence-corrected chi connectivity index (χ0v) is 10.9. The molecule has 0 aromatic rings. The Morgan fingerprint density at radius 3 is 2.26 bits per heavy atom. The third-order valence-electron chi connectivity index (χ3n) is 3.40. The molecule has 7 nitrogen and oxygen atoms in total. The molecule has 0 spiro atoms. The number of primary amides is 1. The molecule has 0 heterocycles. The van der Waals surface area contributed by atoms with Gasteiger partial charge in [-0.3, -0.25) is 9.59 Å². The van der Waals surface area contributed by atoms with Gasteiger partial charge in [0.15, 0.2) is 0 Å². The van der Waals surface area contributed by atoms with Crippen molar-refractivity contribution in [2.24, 2.45) is 11.5 Å². The number of aliphatic carboxylic acids is 1. The van der Waals surface area contributed by atoms with Gasteiger partial charge in [0.25, 0.3) is 0 Å². The van der Waals surface area contributed by atoms with Gasteiger partial charge >= 0.3 is 5.97 Å². The molecule has 2 amide bonds. The minimum absolute atomic E-state index is 0.0789. The van der Waals surface area contributed by atoms with E-state index in [1.165, 1.54) is 0 Å². The van der Waals surface area contributed by atoms with Crippen molar-refractivity contribution in [1.82, 2.24) is 5.32 Å². The summed E-state index contributed by atoms with van der Waals surface area (Å²) >= 11 is 0. The molecule has 0 aliphatic heterocycles. The van der Waals surface area contributed by atoms with Crippen LogP contribution in [0.2, 0.25) is 0 Å². The molecule has 1 aliphatic carbocycles. The van der Waals surface area contributed by atoms with Gasteiger partial charge in [0.05, 0.1) is 6.42 Å². The highest BCUT2D eigenvalue weighted by Crippen LogP contribution is 2.28. The molecule has 1 aliphatic rings. The lowest BCUT2D eigenvalue weighted by Crippen LogP contribution is -2.49. The van der Waals surface area contributed by atoms with E-state index in [0.29, 0.717) is 0 Å². The van der Waals surface area contributed by atoms with Gasteiger partial charge in [-0.25, -0.2) is 4.79 Å². The lowest BCUT2D eigenvalue weighted by Gasteiger charge is -2.33. The van der Waals surface area contributed by atoms with Crippen LogP contribution in [-0.2, 0) is 14.4 Å². The maximum Gasteiger partial charge on any atom is 0.326 e. The van der Waals surface area contributed by atoms with Gasteiger partial charge in [-0.2, -0.15) is 0 Å². The first-order valence-electron chi connectivity index (χ1n) is 6.42. The van der Waals surface area contributed by atoms with Gasteiger partial charge in [0.2, 0.25) is 11.8 Å². The predicted molar refractivity (Wildman–Crippen MR) is 68.0 cm³/mol. The van der Waals surface area contributed by atoms with Gasteiger partial charge in [-0.15, -0.1) is 0 Å². The summed E-state index contributed by atoms with van der Waals surface area (Å²) in [5, 5.41) is 11.2. The van der Waals surface area contributed by atoms with Crippen molar-refractivity contribution in [3.8, 4) is 0 Å². The highest BCUT2D eigenvalue weighted by Gasteiger charge is 2.31. The first-order valence-corrected chi connectivity index (χ1v) is 6.42. The van der Waals surface area contributed by atoms with E-state index in [0.717, 1.165) is 32.1 Å². The lowest BCUT2D eigenvalue weighted by molar-refractivity contribution is -0.143. The molecular formula is C12H21N3O4. The van der Waals surface area contributed by atoms with Crippen LogP contribution in [0, 0.1) is 0 Å². The topological polar surface area (TPSA) is 136 Å². The van der Waals surface area contributed by atoms with E-state index >= 15 is 0 Å². The monoisotopic (exact) mass is 271 g/mol. The summed E-state index contributed by atoms with van der Waals surface area (Å²) in [7, 11) is 0. The Bertz CT molecular complexity index is 364. The van der Waals surface area contributed by atoms with Gasteiger partial charge < -0.3 is 21.9 Å². The van der Waals surface area contributed by atoms with Crippen LogP contribution < -0.4 is 16.8 Å². The van der Waals surface area contributed by atoms with Crippen LogP contribution in [0.25, 0.3) is 0 Å². The van der Waals surface area contributed by atoms with Crippen molar-refractivity contribution in [3.63, 3.8) is 0 Å². The molecule has 7 heteroatoms. The first-order chi connectivity index (χ1) is 8.82. The van der Waals surface area contributed by atoms with E-state index in [1.54, 1.807) is 0 Å². The molecule has 108 valence electrons. The van der Waals surface area contributed by atoms with E-state index in [2.05, 4.69) is 5.32 Å². The number of carbonyl (C=O) groups is 3. The molecule has 6 N–H and O–H groups in total. The van der Waals surface area contributed by atoms with Gasteiger partial charge in [-0.05, 0) is 12.8 Å². The zero-order valence-electron chi connectivity index (χ0n) is 10.9. The second-order valence-electron chi connectivity index (χ2n) is 5.23. The van der Waals surface area contributed by atoms with E-state index < -0.39 is 35.8 Å². The third-order valence-corrected chi connectivity index (χ3v) is 3.40. The summed E-state index contributed by atoms with van der Waals surface area (Å²) in [6, 6.07) is -1.28. The van der Waals surface area contributed by atoms with Crippen molar-refractivity contribution < 1.29 is 19.5 Å². The van der Waals surface area contributed by atoms with Gasteiger partial charge in [0.1, 0.15) is 6.04 Å². The Balaban J connectivity index is 2.52. The fourth-order valence-electron chi connectivity index (χ4n) is 2.40. The van der Waals surface area contributed by atoms with Crippen LogP contribution >= 0.6 is 0 Å². The number of nitrogens with two attached hydrogens (primary N) is 2. The molecule has 1 rings (SSSR count). The Morgan fingerprint density at radius 1 is 1.21 bits per heavy atom. The van der Waals surface area contributed by atoms with Crippen molar-refractivity contribution >= 4 is 17.8 Å². The molecule has 1 unspecified atom stereocenters. The van der Waals surface area contributed by atoms with Gasteiger partial charge in [0, 0.05) is 12.0 Å². The number of hydrogen-bond donors (Lipinski definition) is 4. The summed E-state index contributed by atoms with van der Waals surface area (Å²) < 4.78 is 0. The Kier molecular flexibility index (Phi) is 5.29. The largest absolute Gasteiger partial charge is 0.480 e. The summed E-state index contributed by atoms with van der Waals surface area (Å²) in [4.78, 5) is 33.4. The number of hydrogen-bond acceptors (Lipinski definition) is 4. The van der Waals surface area contributed by atoms with Crippen LogP contribution in [0.1, 0.15) is 44.9 Å².